The van der Waals surface area contributed by atoms with Crippen LogP contribution in [0.3, 0.4) is 0 Å². The van der Waals surface area contributed by atoms with Gasteiger partial charge in [0.15, 0.2) is 0 Å². The van der Waals surface area contributed by atoms with E-state index in [4.69, 9.17) is 6.42 Å². The van der Waals surface area contributed by atoms with Crippen molar-refractivity contribution in [3.63, 3.8) is 0 Å². The summed E-state index contributed by atoms with van der Waals surface area (Å²) < 4.78 is 0. The molecule has 1 amide bonds. The zero-order valence-electron chi connectivity index (χ0n) is 11.5. The summed E-state index contributed by atoms with van der Waals surface area (Å²) in [5, 5.41) is 8.20. The van der Waals surface area contributed by atoms with Crippen LogP contribution in [0, 0.1) is 12.3 Å². The Hall–Kier alpha value is -2.31. The van der Waals surface area contributed by atoms with Crippen molar-refractivity contribution < 1.29 is 4.79 Å². The maximum Gasteiger partial charge on any atom is 0.234 e. The summed E-state index contributed by atoms with van der Waals surface area (Å²) in [5.41, 5.74) is 1.12. The highest BCUT2D eigenvalue weighted by Crippen LogP contribution is 2.23. The first-order chi connectivity index (χ1) is 9.72. The first-order valence-electron chi connectivity index (χ1n) is 6.63. The van der Waals surface area contributed by atoms with Gasteiger partial charge < -0.3 is 5.32 Å². The highest BCUT2D eigenvalue weighted by Gasteiger charge is 2.11. The predicted octanol–water partition coefficient (Wildman–Crippen LogP) is 2.24. The highest BCUT2D eigenvalue weighted by molar-refractivity contribution is 5.87. The van der Waals surface area contributed by atoms with Gasteiger partial charge in [0.25, 0.3) is 0 Å². The quantitative estimate of drug-likeness (QED) is 0.643. The zero-order chi connectivity index (χ0) is 14.4. The minimum absolute atomic E-state index is 0.0405. The number of carbonyl (C=O) groups is 1. The molecular formula is C17H18N2O. The molecule has 102 valence electrons. The summed E-state index contributed by atoms with van der Waals surface area (Å²) in [7, 11) is 0. The van der Waals surface area contributed by atoms with Crippen molar-refractivity contribution in [2.75, 3.05) is 13.1 Å². The fraction of sp³-hybridized carbons (Fsp3) is 0.235. The van der Waals surface area contributed by atoms with E-state index < -0.39 is 0 Å². The van der Waals surface area contributed by atoms with Gasteiger partial charge in [-0.1, -0.05) is 48.4 Å². The molecule has 0 saturated heterocycles. The van der Waals surface area contributed by atoms with Crippen LogP contribution in [0.4, 0.5) is 0 Å². The first-order valence-corrected chi connectivity index (χ1v) is 6.63. The van der Waals surface area contributed by atoms with Crippen molar-refractivity contribution in [1.29, 1.82) is 0 Å². The molecule has 0 heterocycles. The molecule has 0 aliphatic carbocycles. The summed E-state index contributed by atoms with van der Waals surface area (Å²) in [6.07, 6.45) is 5.13. The summed E-state index contributed by atoms with van der Waals surface area (Å²) in [6.45, 7) is 2.62. The molecule has 0 saturated carbocycles. The van der Waals surface area contributed by atoms with Crippen LogP contribution in [0.15, 0.2) is 42.5 Å². The topological polar surface area (TPSA) is 41.1 Å². The Morgan fingerprint density at radius 2 is 2.00 bits per heavy atom. The van der Waals surface area contributed by atoms with E-state index in [1.165, 1.54) is 10.8 Å². The first kappa shape index (κ1) is 14.1. The third kappa shape index (κ3) is 3.37. The lowest BCUT2D eigenvalue weighted by molar-refractivity contribution is -0.120. The van der Waals surface area contributed by atoms with Crippen molar-refractivity contribution in [2.45, 2.75) is 13.0 Å². The normalized spacial score (nSPS) is 11.8. The molecule has 2 N–H and O–H groups in total. The van der Waals surface area contributed by atoms with E-state index >= 15 is 0 Å². The standard InChI is InChI=1S/C17H18N2O/c1-3-11-18-12-17(20)19-13(2)15-10-6-8-14-7-4-5-9-16(14)15/h1,4-10,13,18H,11-12H2,2H3,(H,19,20). The number of hydrogen-bond acceptors (Lipinski definition) is 2. The van der Waals surface area contributed by atoms with Crippen LogP contribution in [0.2, 0.25) is 0 Å². The average Bonchev–Trinajstić information content (AvgIpc) is 2.47. The number of hydrogen-bond donors (Lipinski definition) is 2. The Bertz CT molecular complexity index is 637. The smallest absolute Gasteiger partial charge is 0.234 e. The molecule has 0 aliphatic rings. The average molecular weight is 266 g/mol. The van der Waals surface area contributed by atoms with E-state index in [2.05, 4.69) is 34.8 Å². The molecule has 0 bridgehead atoms. The molecule has 2 rings (SSSR count). The number of terminal acetylenes is 1. The number of fused-ring (bicyclic) bond motifs is 1. The highest BCUT2D eigenvalue weighted by atomic mass is 16.1. The maximum atomic E-state index is 11.8. The van der Waals surface area contributed by atoms with Gasteiger partial charge in [-0.3, -0.25) is 10.1 Å². The van der Waals surface area contributed by atoms with Crippen molar-refractivity contribution in [3.8, 4) is 12.3 Å². The van der Waals surface area contributed by atoms with Gasteiger partial charge in [-0.25, -0.2) is 0 Å². The van der Waals surface area contributed by atoms with Crippen molar-refractivity contribution in [1.82, 2.24) is 10.6 Å². The molecule has 20 heavy (non-hydrogen) atoms. The Morgan fingerprint density at radius 1 is 1.25 bits per heavy atom. The molecule has 1 atom stereocenters. The molecule has 0 spiro atoms. The van der Waals surface area contributed by atoms with Crippen molar-refractivity contribution in [2.24, 2.45) is 0 Å². The molecule has 3 nitrogen and oxygen atoms in total. The lowest BCUT2D eigenvalue weighted by Gasteiger charge is -2.16. The monoisotopic (exact) mass is 266 g/mol. The number of benzene rings is 2. The van der Waals surface area contributed by atoms with Crippen LogP contribution < -0.4 is 10.6 Å². The second kappa shape index (κ2) is 6.74. The summed E-state index contributed by atoms with van der Waals surface area (Å²) >= 11 is 0. The number of carbonyl (C=O) groups excluding carboxylic acids is 1. The van der Waals surface area contributed by atoms with Crippen LogP contribution >= 0.6 is 0 Å². The third-order valence-electron chi connectivity index (χ3n) is 3.18. The summed E-state index contributed by atoms with van der Waals surface area (Å²) in [4.78, 5) is 11.8. The molecule has 0 fully saturated rings. The lowest BCUT2D eigenvalue weighted by atomic mass is 10.00. The van der Waals surface area contributed by atoms with Gasteiger partial charge in [0.05, 0.1) is 19.1 Å². The number of amides is 1. The third-order valence-corrected chi connectivity index (χ3v) is 3.18. The predicted molar refractivity (Wildman–Crippen MR) is 82.2 cm³/mol. The Balaban J connectivity index is 2.10. The van der Waals surface area contributed by atoms with Gasteiger partial charge in [0, 0.05) is 0 Å². The lowest BCUT2D eigenvalue weighted by Crippen LogP contribution is -2.35. The van der Waals surface area contributed by atoms with Gasteiger partial charge in [0.2, 0.25) is 5.91 Å². The molecule has 0 aliphatic heterocycles. The van der Waals surface area contributed by atoms with Crippen LogP contribution in [0.1, 0.15) is 18.5 Å². The minimum Gasteiger partial charge on any atom is -0.348 e. The van der Waals surface area contributed by atoms with Gasteiger partial charge in [-0.2, -0.15) is 0 Å². The van der Waals surface area contributed by atoms with Crippen molar-refractivity contribution >= 4 is 16.7 Å². The summed E-state index contributed by atoms with van der Waals surface area (Å²) in [6, 6.07) is 14.3. The van der Waals surface area contributed by atoms with E-state index in [0.717, 1.165) is 5.56 Å². The van der Waals surface area contributed by atoms with Crippen LogP contribution in [-0.2, 0) is 4.79 Å². The van der Waals surface area contributed by atoms with E-state index in [-0.39, 0.29) is 18.5 Å². The maximum absolute atomic E-state index is 11.8. The SMILES string of the molecule is C#CCNCC(=O)NC(C)c1cccc2ccccc12. The molecule has 2 aromatic rings. The van der Waals surface area contributed by atoms with E-state index in [1.807, 2.05) is 31.2 Å². The number of rotatable bonds is 5. The molecule has 1 unspecified atom stereocenters. The molecule has 0 radical (unpaired) electrons. The second-order valence-corrected chi connectivity index (χ2v) is 4.67. The Kier molecular flexibility index (Phi) is 4.75. The van der Waals surface area contributed by atoms with Crippen molar-refractivity contribution in [3.05, 3.63) is 48.0 Å². The summed E-state index contributed by atoms with van der Waals surface area (Å²) in [5.74, 6) is 2.39. The number of nitrogens with one attached hydrogen (secondary N) is 2. The van der Waals surface area contributed by atoms with E-state index in [1.54, 1.807) is 0 Å². The van der Waals surface area contributed by atoms with Gasteiger partial charge in [-0.15, -0.1) is 6.42 Å². The molecular weight excluding hydrogens is 248 g/mol. The second-order valence-electron chi connectivity index (χ2n) is 4.67. The van der Waals surface area contributed by atoms with E-state index in [0.29, 0.717) is 6.54 Å². The zero-order valence-corrected chi connectivity index (χ0v) is 11.5. The van der Waals surface area contributed by atoms with Crippen LogP contribution in [-0.4, -0.2) is 19.0 Å². The fourth-order valence-electron chi connectivity index (χ4n) is 2.25. The molecule has 3 heteroatoms. The van der Waals surface area contributed by atoms with Crippen LogP contribution in [0.5, 0.6) is 0 Å². The fourth-order valence-corrected chi connectivity index (χ4v) is 2.25. The van der Waals surface area contributed by atoms with Gasteiger partial charge in [0.1, 0.15) is 0 Å². The largest absolute Gasteiger partial charge is 0.348 e. The van der Waals surface area contributed by atoms with Gasteiger partial charge >= 0.3 is 0 Å². The molecule has 0 aromatic heterocycles. The van der Waals surface area contributed by atoms with Crippen LogP contribution in [0.25, 0.3) is 10.8 Å². The van der Waals surface area contributed by atoms with E-state index in [9.17, 15) is 4.79 Å². The Labute approximate surface area is 119 Å². The van der Waals surface area contributed by atoms with Gasteiger partial charge in [-0.05, 0) is 23.3 Å². The minimum atomic E-state index is -0.0549. The molecule has 2 aromatic carbocycles. The Morgan fingerprint density at radius 3 is 2.80 bits per heavy atom.